The zero-order chi connectivity index (χ0) is 19.4. The minimum atomic E-state index is -3.61. The summed E-state index contributed by atoms with van der Waals surface area (Å²) in [5, 5.41) is 0.0595. The number of hydrogen-bond donors (Lipinski definition) is 0. The number of benzene rings is 1. The predicted molar refractivity (Wildman–Crippen MR) is 103 cm³/mol. The fraction of sp³-hybridized carbons (Fsp3) is 0.474. The number of rotatable bonds is 5. The van der Waals surface area contributed by atoms with Gasteiger partial charge in [-0.05, 0) is 25.3 Å². The molecule has 1 saturated heterocycles. The lowest BCUT2D eigenvalue weighted by Gasteiger charge is -2.21. The minimum Gasteiger partial charge on any atom is -0.341 e. The van der Waals surface area contributed by atoms with Crippen LogP contribution in [0.4, 0.5) is 0 Å². The molecule has 27 heavy (non-hydrogen) atoms. The van der Waals surface area contributed by atoms with Crippen molar-refractivity contribution < 1.29 is 13.2 Å². The number of imidazole rings is 1. The zero-order valence-corrected chi connectivity index (χ0v) is 16.7. The monoisotopic (exact) mass is 390 g/mol. The first-order valence-corrected chi connectivity index (χ1v) is 10.6. The average molecular weight is 391 g/mol. The van der Waals surface area contributed by atoms with Gasteiger partial charge in [0.05, 0.1) is 6.33 Å². The van der Waals surface area contributed by atoms with Crippen LogP contribution in [0.1, 0.15) is 24.0 Å². The van der Waals surface area contributed by atoms with Gasteiger partial charge in [0, 0.05) is 45.8 Å². The summed E-state index contributed by atoms with van der Waals surface area (Å²) >= 11 is 0. The number of amides is 1. The lowest BCUT2D eigenvalue weighted by molar-refractivity contribution is -0.131. The molecule has 1 aromatic heterocycles. The average Bonchev–Trinajstić information content (AvgIpc) is 2.92. The maximum absolute atomic E-state index is 12.7. The molecule has 1 aliphatic heterocycles. The van der Waals surface area contributed by atoms with Gasteiger partial charge in [-0.25, -0.2) is 13.4 Å². The summed E-state index contributed by atoms with van der Waals surface area (Å²) in [5.41, 5.74) is 2.34. The summed E-state index contributed by atoms with van der Waals surface area (Å²) in [6.45, 7) is 3.74. The topological polar surface area (TPSA) is 75.5 Å². The molecule has 2 aromatic rings. The quantitative estimate of drug-likeness (QED) is 0.777. The molecule has 0 N–H and O–H groups in total. The van der Waals surface area contributed by atoms with Crippen molar-refractivity contribution in [1.29, 1.82) is 0 Å². The number of aryl methyl sites for hydroxylation is 3. The van der Waals surface area contributed by atoms with E-state index < -0.39 is 10.0 Å². The van der Waals surface area contributed by atoms with Crippen LogP contribution in [0.15, 0.2) is 41.8 Å². The smallest absolute Gasteiger partial charge is 0.262 e. The van der Waals surface area contributed by atoms with Crippen LogP contribution in [-0.4, -0.2) is 59.3 Å². The normalized spacial score (nSPS) is 16.3. The second-order valence-electron chi connectivity index (χ2n) is 7.00. The van der Waals surface area contributed by atoms with Crippen LogP contribution >= 0.6 is 0 Å². The molecule has 3 rings (SSSR count). The minimum absolute atomic E-state index is 0.0595. The number of hydrogen-bond acceptors (Lipinski definition) is 4. The van der Waals surface area contributed by atoms with Gasteiger partial charge < -0.3 is 9.47 Å². The van der Waals surface area contributed by atoms with E-state index in [1.54, 1.807) is 16.5 Å². The van der Waals surface area contributed by atoms with Crippen LogP contribution in [0, 0.1) is 6.92 Å². The first-order chi connectivity index (χ1) is 12.9. The van der Waals surface area contributed by atoms with Crippen LogP contribution in [0.3, 0.4) is 0 Å². The molecule has 1 amide bonds. The SMILES string of the molecule is Cc1cccc(CCC(=O)N2CCCN(S(=O)(=O)c3cn(C)cn3)CC2)c1. The van der Waals surface area contributed by atoms with Gasteiger partial charge in [0.1, 0.15) is 0 Å². The van der Waals surface area contributed by atoms with E-state index >= 15 is 0 Å². The molecule has 1 fully saturated rings. The first-order valence-electron chi connectivity index (χ1n) is 9.18. The molecule has 8 heteroatoms. The van der Waals surface area contributed by atoms with Gasteiger partial charge in [-0.15, -0.1) is 0 Å². The molecule has 0 aliphatic carbocycles. The van der Waals surface area contributed by atoms with Crippen LogP contribution < -0.4 is 0 Å². The molecule has 2 heterocycles. The summed E-state index contributed by atoms with van der Waals surface area (Å²) in [7, 11) is -1.87. The molecule has 0 spiro atoms. The van der Waals surface area contributed by atoms with Gasteiger partial charge in [-0.2, -0.15) is 4.31 Å². The number of carbonyl (C=O) groups excluding carboxylic acids is 1. The predicted octanol–water partition coefficient (Wildman–Crippen LogP) is 1.58. The van der Waals surface area contributed by atoms with E-state index in [-0.39, 0.29) is 10.9 Å². The first kappa shape index (κ1) is 19.6. The molecule has 1 aliphatic rings. The molecule has 0 bridgehead atoms. The lowest BCUT2D eigenvalue weighted by Crippen LogP contribution is -2.37. The van der Waals surface area contributed by atoms with Gasteiger partial charge in [-0.3, -0.25) is 4.79 Å². The Morgan fingerprint density at radius 1 is 1.19 bits per heavy atom. The molecule has 1 aromatic carbocycles. The third kappa shape index (κ3) is 4.75. The summed E-state index contributed by atoms with van der Waals surface area (Å²) in [5.74, 6) is 0.0774. The highest BCUT2D eigenvalue weighted by atomic mass is 32.2. The van der Waals surface area contributed by atoms with Crippen LogP contribution in [-0.2, 0) is 28.3 Å². The highest BCUT2D eigenvalue weighted by Gasteiger charge is 2.29. The summed E-state index contributed by atoms with van der Waals surface area (Å²) < 4.78 is 28.5. The highest BCUT2D eigenvalue weighted by Crippen LogP contribution is 2.16. The van der Waals surface area contributed by atoms with Crippen molar-refractivity contribution in [3.05, 3.63) is 47.9 Å². The Bertz CT molecular complexity index is 907. The lowest BCUT2D eigenvalue weighted by atomic mass is 10.1. The van der Waals surface area contributed by atoms with Gasteiger partial charge in [-0.1, -0.05) is 29.8 Å². The summed E-state index contributed by atoms with van der Waals surface area (Å²) in [6, 6.07) is 8.17. The third-order valence-electron chi connectivity index (χ3n) is 4.80. The van der Waals surface area contributed by atoms with E-state index in [9.17, 15) is 13.2 Å². The van der Waals surface area contributed by atoms with E-state index in [0.717, 1.165) is 5.56 Å². The van der Waals surface area contributed by atoms with Crippen molar-refractivity contribution in [2.24, 2.45) is 7.05 Å². The van der Waals surface area contributed by atoms with E-state index in [2.05, 4.69) is 11.1 Å². The Balaban J connectivity index is 1.58. The van der Waals surface area contributed by atoms with E-state index in [0.29, 0.717) is 45.4 Å². The molecule has 0 radical (unpaired) electrons. The number of carbonyl (C=O) groups is 1. The Morgan fingerprint density at radius 2 is 2.00 bits per heavy atom. The van der Waals surface area contributed by atoms with Gasteiger partial charge in [0.15, 0.2) is 5.03 Å². The van der Waals surface area contributed by atoms with Crippen molar-refractivity contribution in [2.45, 2.75) is 31.2 Å². The molecular weight excluding hydrogens is 364 g/mol. The highest BCUT2D eigenvalue weighted by molar-refractivity contribution is 7.89. The number of sulfonamides is 1. The maximum Gasteiger partial charge on any atom is 0.262 e. The summed E-state index contributed by atoms with van der Waals surface area (Å²) in [4.78, 5) is 18.3. The fourth-order valence-electron chi connectivity index (χ4n) is 3.31. The second kappa shape index (κ2) is 8.22. The Kier molecular flexibility index (Phi) is 5.96. The van der Waals surface area contributed by atoms with Crippen molar-refractivity contribution in [2.75, 3.05) is 26.2 Å². The molecule has 7 nitrogen and oxygen atoms in total. The van der Waals surface area contributed by atoms with Crippen molar-refractivity contribution >= 4 is 15.9 Å². The van der Waals surface area contributed by atoms with Gasteiger partial charge >= 0.3 is 0 Å². The van der Waals surface area contributed by atoms with Gasteiger partial charge in [0.25, 0.3) is 10.0 Å². The Labute approximate surface area is 160 Å². The molecule has 0 unspecified atom stereocenters. The fourth-order valence-corrected chi connectivity index (χ4v) is 4.75. The largest absolute Gasteiger partial charge is 0.341 e. The maximum atomic E-state index is 12.7. The Morgan fingerprint density at radius 3 is 2.70 bits per heavy atom. The number of aromatic nitrogens is 2. The molecule has 0 saturated carbocycles. The van der Waals surface area contributed by atoms with Crippen LogP contribution in [0.25, 0.3) is 0 Å². The van der Waals surface area contributed by atoms with Crippen molar-refractivity contribution in [1.82, 2.24) is 18.8 Å². The number of nitrogens with zero attached hydrogens (tertiary/aromatic N) is 4. The Hall–Kier alpha value is -2.19. The van der Waals surface area contributed by atoms with Crippen LogP contribution in [0.2, 0.25) is 0 Å². The zero-order valence-electron chi connectivity index (χ0n) is 15.8. The van der Waals surface area contributed by atoms with Crippen molar-refractivity contribution in [3.8, 4) is 0 Å². The molecule has 0 atom stereocenters. The standard InChI is InChI=1S/C19H26N4O3S/c1-16-5-3-6-17(13-16)7-8-19(24)22-9-4-10-23(12-11-22)27(25,26)18-14-21(2)15-20-18/h3,5-6,13-15H,4,7-12H2,1-2H3. The van der Waals surface area contributed by atoms with Gasteiger partial charge in [0.2, 0.25) is 5.91 Å². The molecular formula is C19H26N4O3S. The van der Waals surface area contributed by atoms with Crippen LogP contribution in [0.5, 0.6) is 0 Å². The third-order valence-corrected chi connectivity index (χ3v) is 6.59. The summed E-state index contributed by atoms with van der Waals surface area (Å²) in [6.07, 6.45) is 4.75. The second-order valence-corrected chi connectivity index (χ2v) is 8.89. The van der Waals surface area contributed by atoms with E-state index in [4.69, 9.17) is 0 Å². The van der Waals surface area contributed by atoms with E-state index in [1.165, 1.54) is 22.4 Å². The van der Waals surface area contributed by atoms with Crippen molar-refractivity contribution in [3.63, 3.8) is 0 Å². The van der Waals surface area contributed by atoms with E-state index in [1.807, 2.05) is 25.1 Å². The molecule has 146 valence electrons.